The molecule has 1 unspecified atom stereocenters. The van der Waals surface area contributed by atoms with Crippen molar-refractivity contribution in [3.63, 3.8) is 0 Å². The van der Waals surface area contributed by atoms with Crippen LogP contribution in [0, 0.1) is 10.1 Å². The zero-order valence-electron chi connectivity index (χ0n) is 13.1. The van der Waals surface area contributed by atoms with Gasteiger partial charge >= 0.3 is 5.97 Å². The zero-order valence-corrected chi connectivity index (χ0v) is 13.1. The van der Waals surface area contributed by atoms with E-state index < -0.39 is 10.9 Å². The largest absolute Gasteiger partial charge is 0.465 e. The molecule has 7 heteroatoms. The summed E-state index contributed by atoms with van der Waals surface area (Å²) in [6.45, 7) is 5.20. The fourth-order valence-electron chi connectivity index (χ4n) is 2.11. The molecule has 1 aliphatic rings. The smallest absolute Gasteiger partial charge is 0.337 e. The van der Waals surface area contributed by atoms with Gasteiger partial charge in [-0.2, -0.15) is 0 Å². The minimum atomic E-state index is -0.528. The van der Waals surface area contributed by atoms with Crippen LogP contribution in [0.25, 0.3) is 0 Å². The maximum Gasteiger partial charge on any atom is 0.337 e. The number of benzene rings is 1. The molecule has 1 N–H and O–H groups in total. The molecule has 0 aromatic heterocycles. The summed E-state index contributed by atoms with van der Waals surface area (Å²) < 4.78 is 10.1. The third kappa shape index (κ3) is 4.70. The molecule has 1 aromatic carbocycles. The number of nitro benzene ring substituents is 1. The van der Waals surface area contributed by atoms with Crippen molar-refractivity contribution in [2.45, 2.75) is 32.8 Å². The van der Waals surface area contributed by atoms with Crippen LogP contribution >= 0.6 is 0 Å². The first-order chi connectivity index (χ1) is 10.6. The van der Waals surface area contributed by atoms with Crippen molar-refractivity contribution in [2.24, 2.45) is 0 Å². The van der Waals surface area contributed by atoms with Gasteiger partial charge in [0.2, 0.25) is 0 Å². The summed E-state index contributed by atoms with van der Waals surface area (Å²) in [6.07, 6.45) is 1.98. The maximum absolute atomic E-state index is 11.5. The SMILES string of the molecule is CC.COC(=O)c1ccc([N+](=O)[O-])c(NCC2CCCO2)c1. The molecule has 1 fully saturated rings. The van der Waals surface area contributed by atoms with Gasteiger partial charge in [0.25, 0.3) is 5.69 Å². The molecule has 0 spiro atoms. The van der Waals surface area contributed by atoms with Gasteiger partial charge in [-0.1, -0.05) is 13.8 Å². The van der Waals surface area contributed by atoms with Crippen LogP contribution in [0.15, 0.2) is 18.2 Å². The van der Waals surface area contributed by atoms with E-state index in [1.165, 1.54) is 25.3 Å². The molecule has 1 saturated heterocycles. The predicted molar refractivity (Wildman–Crippen MR) is 83.2 cm³/mol. The molecule has 0 saturated carbocycles. The number of hydrogen-bond acceptors (Lipinski definition) is 6. The van der Waals surface area contributed by atoms with E-state index >= 15 is 0 Å². The normalized spacial score (nSPS) is 16.4. The standard InChI is InChI=1S/C13H16N2O5.C2H6/c1-19-13(16)9-4-5-12(15(17)18)11(7-9)14-8-10-3-2-6-20-10;1-2/h4-5,7,10,14H,2-3,6,8H2,1H3;1-2H3. The van der Waals surface area contributed by atoms with Crippen molar-refractivity contribution in [2.75, 3.05) is 25.6 Å². The summed E-state index contributed by atoms with van der Waals surface area (Å²) in [7, 11) is 1.27. The van der Waals surface area contributed by atoms with Gasteiger partial charge in [0.15, 0.2) is 0 Å². The summed E-state index contributed by atoms with van der Waals surface area (Å²) in [5.74, 6) is -0.528. The Bertz CT molecular complexity index is 513. The molecule has 1 aliphatic heterocycles. The molecule has 1 heterocycles. The molecule has 0 amide bonds. The highest BCUT2D eigenvalue weighted by Gasteiger charge is 2.20. The third-order valence-corrected chi connectivity index (χ3v) is 3.16. The lowest BCUT2D eigenvalue weighted by molar-refractivity contribution is -0.384. The Morgan fingerprint density at radius 1 is 1.50 bits per heavy atom. The Kier molecular flexibility index (Phi) is 7.31. The highest BCUT2D eigenvalue weighted by Crippen LogP contribution is 2.26. The molecular formula is C15H22N2O5. The Morgan fingerprint density at radius 2 is 2.23 bits per heavy atom. The number of hydrogen-bond donors (Lipinski definition) is 1. The van der Waals surface area contributed by atoms with Gasteiger partial charge in [0, 0.05) is 19.2 Å². The van der Waals surface area contributed by atoms with Gasteiger partial charge < -0.3 is 14.8 Å². The monoisotopic (exact) mass is 310 g/mol. The van der Waals surface area contributed by atoms with Gasteiger partial charge in [-0.25, -0.2) is 4.79 Å². The van der Waals surface area contributed by atoms with E-state index in [-0.39, 0.29) is 17.4 Å². The Balaban J connectivity index is 0.00000116. The van der Waals surface area contributed by atoms with Crippen molar-refractivity contribution >= 4 is 17.3 Å². The van der Waals surface area contributed by atoms with Gasteiger partial charge in [-0.3, -0.25) is 10.1 Å². The first-order valence-corrected chi connectivity index (χ1v) is 7.34. The van der Waals surface area contributed by atoms with Gasteiger partial charge in [0.05, 0.1) is 23.7 Å². The second-order valence-electron chi connectivity index (χ2n) is 4.50. The lowest BCUT2D eigenvalue weighted by Gasteiger charge is -2.12. The summed E-state index contributed by atoms with van der Waals surface area (Å²) in [5.41, 5.74) is 0.497. The second kappa shape index (κ2) is 8.99. The van der Waals surface area contributed by atoms with E-state index in [0.717, 1.165) is 19.4 Å². The molecule has 7 nitrogen and oxygen atoms in total. The van der Waals surface area contributed by atoms with Crippen LogP contribution in [0.2, 0.25) is 0 Å². The summed E-state index contributed by atoms with van der Waals surface area (Å²) in [5, 5.41) is 14.0. The van der Waals surface area contributed by atoms with Crippen LogP contribution in [0.3, 0.4) is 0 Å². The van der Waals surface area contributed by atoms with Crippen molar-refractivity contribution in [1.29, 1.82) is 0 Å². The number of nitrogens with zero attached hydrogens (tertiary/aromatic N) is 1. The molecule has 0 aliphatic carbocycles. The topological polar surface area (TPSA) is 90.7 Å². The molecular weight excluding hydrogens is 288 g/mol. The molecule has 22 heavy (non-hydrogen) atoms. The van der Waals surface area contributed by atoms with E-state index in [0.29, 0.717) is 12.2 Å². The molecule has 0 bridgehead atoms. The van der Waals surface area contributed by atoms with Crippen molar-refractivity contribution < 1.29 is 19.2 Å². The Morgan fingerprint density at radius 3 is 2.77 bits per heavy atom. The fraction of sp³-hybridized carbons (Fsp3) is 0.533. The zero-order chi connectivity index (χ0) is 16.5. The van der Waals surface area contributed by atoms with Crippen molar-refractivity contribution in [3.8, 4) is 0 Å². The highest BCUT2D eigenvalue weighted by atomic mass is 16.6. The van der Waals surface area contributed by atoms with Gasteiger partial charge in [-0.05, 0) is 25.0 Å². The van der Waals surface area contributed by atoms with Crippen molar-refractivity contribution in [1.82, 2.24) is 0 Å². The van der Waals surface area contributed by atoms with E-state index in [1.54, 1.807) is 0 Å². The number of anilines is 1. The highest BCUT2D eigenvalue weighted by molar-refractivity contribution is 5.91. The van der Waals surface area contributed by atoms with Crippen LogP contribution in [0.1, 0.15) is 37.0 Å². The number of nitro groups is 1. The second-order valence-corrected chi connectivity index (χ2v) is 4.50. The number of esters is 1. The number of ether oxygens (including phenoxy) is 2. The van der Waals surface area contributed by atoms with Crippen LogP contribution < -0.4 is 5.32 Å². The Hall–Kier alpha value is -2.15. The Labute approximate surface area is 129 Å². The molecule has 1 atom stereocenters. The maximum atomic E-state index is 11.5. The first-order valence-electron chi connectivity index (χ1n) is 7.34. The first kappa shape index (κ1) is 17.9. The van der Waals surface area contributed by atoms with E-state index in [1.807, 2.05) is 13.8 Å². The molecule has 1 aromatic rings. The van der Waals surface area contributed by atoms with Gasteiger partial charge in [0.1, 0.15) is 5.69 Å². The average Bonchev–Trinajstić information content (AvgIpc) is 3.07. The van der Waals surface area contributed by atoms with E-state index in [9.17, 15) is 14.9 Å². The number of methoxy groups -OCH3 is 1. The average molecular weight is 310 g/mol. The summed E-state index contributed by atoms with van der Waals surface area (Å²) >= 11 is 0. The van der Waals surface area contributed by atoms with Crippen LogP contribution in [0.4, 0.5) is 11.4 Å². The number of rotatable bonds is 5. The molecule has 2 rings (SSSR count). The van der Waals surface area contributed by atoms with E-state index in [2.05, 4.69) is 10.1 Å². The third-order valence-electron chi connectivity index (χ3n) is 3.16. The minimum absolute atomic E-state index is 0.0522. The predicted octanol–water partition coefficient (Wildman–Crippen LogP) is 3.00. The van der Waals surface area contributed by atoms with Crippen LogP contribution in [0.5, 0.6) is 0 Å². The quantitative estimate of drug-likeness (QED) is 0.511. The van der Waals surface area contributed by atoms with Crippen LogP contribution in [-0.2, 0) is 9.47 Å². The number of carbonyl (C=O) groups excluding carboxylic acids is 1. The summed E-state index contributed by atoms with van der Waals surface area (Å²) in [6, 6.07) is 4.10. The van der Waals surface area contributed by atoms with Crippen LogP contribution in [-0.4, -0.2) is 37.3 Å². The van der Waals surface area contributed by atoms with Gasteiger partial charge in [-0.15, -0.1) is 0 Å². The summed E-state index contributed by atoms with van der Waals surface area (Å²) in [4.78, 5) is 22.0. The minimum Gasteiger partial charge on any atom is -0.465 e. The lowest BCUT2D eigenvalue weighted by Crippen LogP contribution is -2.19. The molecule has 122 valence electrons. The van der Waals surface area contributed by atoms with Crippen molar-refractivity contribution in [3.05, 3.63) is 33.9 Å². The molecule has 0 radical (unpaired) electrons. The fourth-order valence-corrected chi connectivity index (χ4v) is 2.11. The van der Waals surface area contributed by atoms with E-state index in [4.69, 9.17) is 4.74 Å². The number of nitrogens with one attached hydrogen (secondary N) is 1. The lowest BCUT2D eigenvalue weighted by atomic mass is 10.1. The number of carbonyl (C=O) groups is 1.